The molecule has 2 rings (SSSR count). The van der Waals surface area contributed by atoms with Crippen LogP contribution in [0.1, 0.15) is 32.8 Å². The highest BCUT2D eigenvalue weighted by Gasteiger charge is 2.29. The van der Waals surface area contributed by atoms with Gasteiger partial charge in [-0.1, -0.05) is 39.0 Å². The zero-order valence-corrected chi connectivity index (χ0v) is 13.4. The topological polar surface area (TPSA) is 44.4 Å². The van der Waals surface area contributed by atoms with Crippen molar-refractivity contribution in [2.24, 2.45) is 5.92 Å². The van der Waals surface area contributed by atoms with Gasteiger partial charge >= 0.3 is 0 Å². The van der Waals surface area contributed by atoms with Gasteiger partial charge in [-0.05, 0) is 30.5 Å². The first-order valence-electron chi connectivity index (χ1n) is 7.96. The maximum absolute atomic E-state index is 12.1. The third-order valence-corrected chi connectivity index (χ3v) is 3.89. The van der Waals surface area contributed by atoms with Gasteiger partial charge in [0.05, 0.1) is 0 Å². The van der Waals surface area contributed by atoms with Crippen molar-refractivity contribution in [3.05, 3.63) is 29.8 Å². The van der Waals surface area contributed by atoms with Crippen molar-refractivity contribution in [2.75, 3.05) is 24.5 Å². The van der Waals surface area contributed by atoms with Crippen molar-refractivity contribution in [2.45, 2.75) is 39.8 Å². The number of anilines is 1. The minimum absolute atomic E-state index is 0.0509. The molecule has 116 valence electrons. The fraction of sp³-hybridized carbons (Fsp3) is 0.588. The number of hydrogen-bond acceptors (Lipinski definition) is 3. The third-order valence-electron chi connectivity index (χ3n) is 3.89. The number of nitrogens with one attached hydrogen (secondary N) is 2. The molecule has 0 bridgehead atoms. The molecule has 1 heterocycles. The first-order chi connectivity index (χ1) is 10.1. The molecule has 1 aliphatic rings. The number of hydrogen-bond donors (Lipinski definition) is 2. The maximum atomic E-state index is 12.1. The molecule has 1 unspecified atom stereocenters. The van der Waals surface area contributed by atoms with Gasteiger partial charge in [0, 0.05) is 25.3 Å². The molecule has 0 aromatic heterocycles. The lowest BCUT2D eigenvalue weighted by Crippen LogP contribution is -2.55. The lowest BCUT2D eigenvalue weighted by molar-refractivity contribution is -0.123. The summed E-state index contributed by atoms with van der Waals surface area (Å²) in [5, 5.41) is 6.46. The maximum Gasteiger partial charge on any atom is 0.242 e. The predicted octanol–water partition coefficient (Wildman–Crippen LogP) is 2.15. The number of piperazine rings is 1. The van der Waals surface area contributed by atoms with Gasteiger partial charge in [0.25, 0.3) is 0 Å². The standard InChI is InChI=1S/C17H27N3O/c1-4-15-17(21)19-9-10-20(15)16-8-6-5-7-14(16)12-18-11-13(2)3/h5-8,13,15,18H,4,9-12H2,1-3H3,(H,19,21). The quantitative estimate of drug-likeness (QED) is 0.843. The number of rotatable bonds is 6. The number of carbonyl (C=O) groups is 1. The highest BCUT2D eigenvalue weighted by atomic mass is 16.2. The Kier molecular flexibility index (Phi) is 5.62. The molecular weight excluding hydrogens is 262 g/mol. The molecule has 1 saturated heterocycles. The van der Waals surface area contributed by atoms with Crippen molar-refractivity contribution in [3.8, 4) is 0 Å². The summed E-state index contributed by atoms with van der Waals surface area (Å²) in [4.78, 5) is 14.3. The molecule has 0 saturated carbocycles. The Morgan fingerprint density at radius 2 is 2.14 bits per heavy atom. The van der Waals surface area contributed by atoms with Gasteiger partial charge in [-0.2, -0.15) is 0 Å². The summed E-state index contributed by atoms with van der Waals surface area (Å²) in [6, 6.07) is 8.36. The van der Waals surface area contributed by atoms with Crippen LogP contribution in [0.15, 0.2) is 24.3 Å². The van der Waals surface area contributed by atoms with Crippen LogP contribution in [-0.2, 0) is 11.3 Å². The molecular formula is C17H27N3O. The smallest absolute Gasteiger partial charge is 0.242 e. The second kappa shape index (κ2) is 7.46. The third kappa shape index (κ3) is 3.97. The molecule has 21 heavy (non-hydrogen) atoms. The molecule has 1 atom stereocenters. The first kappa shape index (κ1) is 15.8. The Bertz CT molecular complexity index is 473. The SMILES string of the molecule is CCC1C(=O)NCCN1c1ccccc1CNCC(C)C. The number of nitrogens with zero attached hydrogens (tertiary/aromatic N) is 1. The second-order valence-electron chi connectivity index (χ2n) is 6.06. The zero-order chi connectivity index (χ0) is 15.2. The average molecular weight is 289 g/mol. The summed E-state index contributed by atoms with van der Waals surface area (Å²) in [6.07, 6.45) is 0.833. The van der Waals surface area contributed by atoms with Crippen LogP contribution in [-0.4, -0.2) is 31.6 Å². The highest BCUT2D eigenvalue weighted by Crippen LogP contribution is 2.25. The Hall–Kier alpha value is -1.55. The van der Waals surface area contributed by atoms with E-state index in [1.54, 1.807) is 0 Å². The van der Waals surface area contributed by atoms with Gasteiger partial charge in [-0.25, -0.2) is 0 Å². The van der Waals surface area contributed by atoms with Crippen molar-refractivity contribution in [1.29, 1.82) is 0 Å². The van der Waals surface area contributed by atoms with Crippen molar-refractivity contribution < 1.29 is 4.79 Å². The molecule has 4 nitrogen and oxygen atoms in total. The Morgan fingerprint density at radius 1 is 1.38 bits per heavy atom. The Balaban J connectivity index is 2.16. The summed E-state index contributed by atoms with van der Waals surface area (Å²) in [6.45, 7) is 9.95. The fourth-order valence-corrected chi connectivity index (χ4v) is 2.84. The van der Waals surface area contributed by atoms with Crippen LogP contribution in [0.2, 0.25) is 0 Å². The molecule has 2 N–H and O–H groups in total. The lowest BCUT2D eigenvalue weighted by Gasteiger charge is -2.37. The molecule has 1 aromatic rings. The van der Waals surface area contributed by atoms with E-state index >= 15 is 0 Å². The Labute approximate surface area is 127 Å². The summed E-state index contributed by atoms with van der Waals surface area (Å²) in [5.74, 6) is 0.787. The Morgan fingerprint density at radius 3 is 2.86 bits per heavy atom. The average Bonchev–Trinajstić information content (AvgIpc) is 2.47. The van der Waals surface area contributed by atoms with Crippen LogP contribution in [0, 0.1) is 5.92 Å². The number of carbonyl (C=O) groups excluding carboxylic acids is 1. The fourth-order valence-electron chi connectivity index (χ4n) is 2.84. The molecule has 0 aliphatic carbocycles. The molecule has 0 radical (unpaired) electrons. The van der Waals surface area contributed by atoms with Crippen LogP contribution in [0.25, 0.3) is 0 Å². The van der Waals surface area contributed by atoms with Gasteiger partial charge in [-0.3, -0.25) is 4.79 Å². The first-order valence-corrected chi connectivity index (χ1v) is 7.96. The summed E-state index contributed by atoms with van der Waals surface area (Å²) < 4.78 is 0. The van der Waals surface area contributed by atoms with E-state index in [0.717, 1.165) is 32.6 Å². The van der Waals surface area contributed by atoms with E-state index in [9.17, 15) is 4.79 Å². The van der Waals surface area contributed by atoms with Gasteiger partial charge in [0.15, 0.2) is 0 Å². The van der Waals surface area contributed by atoms with Gasteiger partial charge in [0.2, 0.25) is 5.91 Å². The van der Waals surface area contributed by atoms with E-state index in [1.807, 2.05) is 0 Å². The van der Waals surface area contributed by atoms with E-state index in [4.69, 9.17) is 0 Å². The minimum Gasteiger partial charge on any atom is -0.357 e. The number of benzene rings is 1. The molecule has 4 heteroatoms. The lowest BCUT2D eigenvalue weighted by atomic mass is 10.1. The van der Waals surface area contributed by atoms with Crippen LogP contribution in [0.5, 0.6) is 0 Å². The van der Waals surface area contributed by atoms with E-state index in [0.29, 0.717) is 5.92 Å². The van der Waals surface area contributed by atoms with Gasteiger partial charge in [-0.15, -0.1) is 0 Å². The summed E-state index contributed by atoms with van der Waals surface area (Å²) in [5.41, 5.74) is 2.46. The van der Waals surface area contributed by atoms with Crippen LogP contribution in [0.3, 0.4) is 0 Å². The number of amides is 1. The van der Waals surface area contributed by atoms with Crippen molar-refractivity contribution in [1.82, 2.24) is 10.6 Å². The molecule has 1 aliphatic heterocycles. The van der Waals surface area contributed by atoms with Crippen LogP contribution >= 0.6 is 0 Å². The molecule has 1 aromatic carbocycles. The van der Waals surface area contributed by atoms with Crippen molar-refractivity contribution >= 4 is 11.6 Å². The molecule has 1 fully saturated rings. The van der Waals surface area contributed by atoms with Crippen LogP contribution in [0.4, 0.5) is 5.69 Å². The van der Waals surface area contributed by atoms with E-state index in [-0.39, 0.29) is 11.9 Å². The van der Waals surface area contributed by atoms with Gasteiger partial charge in [0.1, 0.15) is 6.04 Å². The summed E-state index contributed by atoms with van der Waals surface area (Å²) >= 11 is 0. The second-order valence-corrected chi connectivity index (χ2v) is 6.06. The largest absolute Gasteiger partial charge is 0.357 e. The predicted molar refractivity (Wildman–Crippen MR) is 87.4 cm³/mol. The van der Waals surface area contributed by atoms with Crippen molar-refractivity contribution in [3.63, 3.8) is 0 Å². The van der Waals surface area contributed by atoms with E-state index in [2.05, 4.69) is 60.6 Å². The van der Waals surface area contributed by atoms with E-state index in [1.165, 1.54) is 11.3 Å². The highest BCUT2D eigenvalue weighted by molar-refractivity contribution is 5.86. The van der Waals surface area contributed by atoms with E-state index < -0.39 is 0 Å². The van der Waals surface area contributed by atoms with Gasteiger partial charge < -0.3 is 15.5 Å². The molecule has 0 spiro atoms. The normalized spacial score (nSPS) is 19.0. The van der Waals surface area contributed by atoms with Crippen LogP contribution < -0.4 is 15.5 Å². The zero-order valence-electron chi connectivity index (χ0n) is 13.4. The molecule has 1 amide bonds. The number of para-hydroxylation sites is 1. The minimum atomic E-state index is -0.0509. The summed E-state index contributed by atoms with van der Waals surface area (Å²) in [7, 11) is 0. The monoisotopic (exact) mass is 289 g/mol.